The normalized spacial score (nSPS) is 17.7. The van der Waals surface area contributed by atoms with Gasteiger partial charge in [-0.2, -0.15) is 4.39 Å². The Morgan fingerprint density at radius 2 is 2.04 bits per heavy atom. The van der Waals surface area contributed by atoms with Crippen molar-refractivity contribution in [1.82, 2.24) is 19.9 Å². The van der Waals surface area contributed by atoms with E-state index in [0.29, 0.717) is 29.4 Å². The number of nitrogens with zero attached hydrogens (tertiary/aromatic N) is 3. The van der Waals surface area contributed by atoms with Crippen molar-refractivity contribution in [2.75, 3.05) is 6.54 Å². The molecule has 8 heteroatoms. The molecule has 3 heterocycles. The fourth-order valence-corrected chi connectivity index (χ4v) is 3.78. The third kappa shape index (κ3) is 2.78. The molecule has 0 radical (unpaired) electrons. The second-order valence-corrected chi connectivity index (χ2v) is 6.86. The van der Waals surface area contributed by atoms with E-state index in [1.54, 1.807) is 4.90 Å². The first-order valence-electron chi connectivity index (χ1n) is 7.39. The molecule has 0 bridgehead atoms. The lowest BCUT2D eigenvalue weighted by Gasteiger charge is -2.23. The number of carbonyl (C=O) groups excluding carboxylic acids is 1. The van der Waals surface area contributed by atoms with Crippen LogP contribution in [0.4, 0.5) is 4.39 Å². The lowest BCUT2D eigenvalue weighted by atomic mass is 10.2. The number of amides is 1. The van der Waals surface area contributed by atoms with Crippen LogP contribution >= 0.6 is 11.3 Å². The summed E-state index contributed by atoms with van der Waals surface area (Å²) in [6.07, 6.45) is 1.50. The van der Waals surface area contributed by atoms with Gasteiger partial charge in [-0.05, 0) is 33.6 Å². The molecular weight excluding hydrogens is 319 g/mol. The third-order valence-electron chi connectivity index (χ3n) is 3.97. The molecule has 122 valence electrons. The van der Waals surface area contributed by atoms with Gasteiger partial charge in [-0.3, -0.25) is 9.59 Å². The molecule has 0 spiro atoms. The fourth-order valence-electron chi connectivity index (χ4n) is 2.91. The molecule has 0 aromatic carbocycles. The highest BCUT2D eigenvalue weighted by molar-refractivity contribution is 7.13. The second-order valence-electron chi connectivity index (χ2n) is 5.65. The van der Waals surface area contributed by atoms with Gasteiger partial charge >= 0.3 is 0 Å². The van der Waals surface area contributed by atoms with Crippen molar-refractivity contribution in [3.8, 4) is 0 Å². The highest BCUT2D eigenvalue weighted by atomic mass is 32.1. The summed E-state index contributed by atoms with van der Waals surface area (Å²) in [6, 6.07) is -0.337. The first-order chi connectivity index (χ1) is 10.9. The van der Waals surface area contributed by atoms with E-state index in [1.807, 2.05) is 13.8 Å². The number of likely N-dealkylation sites (tertiary alicyclic amines) is 1. The van der Waals surface area contributed by atoms with Crippen LogP contribution in [0.2, 0.25) is 0 Å². The summed E-state index contributed by atoms with van der Waals surface area (Å²) in [5.74, 6) is -0.641. The number of halogens is 1. The number of hydrogen-bond acceptors (Lipinski definition) is 5. The van der Waals surface area contributed by atoms with Gasteiger partial charge in [0.15, 0.2) is 0 Å². The van der Waals surface area contributed by atoms with Crippen LogP contribution in [0.3, 0.4) is 0 Å². The van der Waals surface area contributed by atoms with Gasteiger partial charge in [0.1, 0.15) is 10.7 Å². The van der Waals surface area contributed by atoms with E-state index in [0.717, 1.165) is 11.4 Å². The van der Waals surface area contributed by atoms with Gasteiger partial charge in [-0.1, -0.05) is 0 Å². The summed E-state index contributed by atoms with van der Waals surface area (Å²) in [5, 5.41) is 0.839. The monoisotopic (exact) mass is 336 g/mol. The first-order valence-corrected chi connectivity index (χ1v) is 8.21. The third-order valence-corrected chi connectivity index (χ3v) is 5.03. The van der Waals surface area contributed by atoms with E-state index < -0.39 is 11.4 Å². The summed E-state index contributed by atoms with van der Waals surface area (Å²) >= 11 is 1.36. The largest absolute Gasteiger partial charge is 0.328 e. The maximum absolute atomic E-state index is 13.5. The molecular formula is C15H17FN4O2S. The van der Waals surface area contributed by atoms with Crippen molar-refractivity contribution in [2.45, 2.75) is 39.7 Å². The van der Waals surface area contributed by atoms with E-state index >= 15 is 0 Å². The van der Waals surface area contributed by atoms with Crippen LogP contribution in [0.1, 0.15) is 50.8 Å². The zero-order chi connectivity index (χ0) is 16.7. The van der Waals surface area contributed by atoms with Crippen molar-refractivity contribution in [3.63, 3.8) is 0 Å². The summed E-state index contributed by atoms with van der Waals surface area (Å²) in [6.45, 7) is 5.70. The van der Waals surface area contributed by atoms with Crippen LogP contribution in [0.25, 0.3) is 0 Å². The Hall–Kier alpha value is -2.09. The average molecular weight is 336 g/mol. The number of carbonyl (C=O) groups is 1. The lowest BCUT2D eigenvalue weighted by Crippen LogP contribution is -2.33. The number of thiazole rings is 1. The first kappa shape index (κ1) is 15.8. The van der Waals surface area contributed by atoms with Gasteiger partial charge in [0.05, 0.1) is 22.4 Å². The van der Waals surface area contributed by atoms with Crippen LogP contribution in [0, 0.1) is 26.6 Å². The summed E-state index contributed by atoms with van der Waals surface area (Å²) < 4.78 is 13.5. The molecule has 3 rings (SSSR count). The molecule has 0 saturated carbocycles. The van der Waals surface area contributed by atoms with Gasteiger partial charge in [-0.15, -0.1) is 11.3 Å². The Balaban J connectivity index is 1.96. The Labute approximate surface area is 136 Å². The zero-order valence-electron chi connectivity index (χ0n) is 13.1. The van der Waals surface area contributed by atoms with Gasteiger partial charge in [0.25, 0.3) is 11.5 Å². The van der Waals surface area contributed by atoms with Crippen molar-refractivity contribution >= 4 is 17.2 Å². The Morgan fingerprint density at radius 3 is 2.65 bits per heavy atom. The number of aromatic nitrogens is 3. The minimum absolute atomic E-state index is 0.0489. The standard InChI is InChI=1S/C15H17FN4O2S/c1-7-11(16)14(21)19-13(18-7)10-5-4-6-20(10)15(22)12-8(2)17-9(3)23-12/h10H,4-6H2,1-3H3,(H,18,19,21)/t10-/m1/s1. The van der Waals surface area contributed by atoms with Gasteiger partial charge in [-0.25, -0.2) is 9.97 Å². The van der Waals surface area contributed by atoms with Crippen molar-refractivity contribution in [3.05, 3.63) is 43.3 Å². The number of hydrogen-bond donors (Lipinski definition) is 1. The van der Waals surface area contributed by atoms with Crippen molar-refractivity contribution in [1.29, 1.82) is 0 Å². The molecule has 1 N–H and O–H groups in total. The molecule has 23 heavy (non-hydrogen) atoms. The second kappa shape index (κ2) is 5.84. The molecule has 1 saturated heterocycles. The van der Waals surface area contributed by atoms with Crippen LogP contribution in [-0.2, 0) is 0 Å². The van der Waals surface area contributed by atoms with Gasteiger partial charge in [0.2, 0.25) is 5.82 Å². The van der Waals surface area contributed by atoms with E-state index in [1.165, 1.54) is 18.3 Å². The topological polar surface area (TPSA) is 79.0 Å². The lowest BCUT2D eigenvalue weighted by molar-refractivity contribution is 0.0733. The number of nitrogens with one attached hydrogen (secondary N) is 1. The van der Waals surface area contributed by atoms with Crippen LogP contribution in [-0.4, -0.2) is 32.3 Å². The molecule has 1 fully saturated rings. The van der Waals surface area contributed by atoms with Crippen LogP contribution in [0.15, 0.2) is 4.79 Å². The Morgan fingerprint density at radius 1 is 1.30 bits per heavy atom. The number of rotatable bonds is 2. The Kier molecular flexibility index (Phi) is 4.01. The van der Waals surface area contributed by atoms with Crippen LogP contribution in [0.5, 0.6) is 0 Å². The Bertz CT molecular complexity index is 829. The average Bonchev–Trinajstić information content (AvgIpc) is 3.10. The predicted molar refractivity (Wildman–Crippen MR) is 84.2 cm³/mol. The van der Waals surface area contributed by atoms with E-state index in [-0.39, 0.29) is 17.6 Å². The molecule has 1 aliphatic rings. The molecule has 1 atom stereocenters. The van der Waals surface area contributed by atoms with Crippen LogP contribution < -0.4 is 5.56 Å². The van der Waals surface area contributed by atoms with E-state index in [4.69, 9.17) is 0 Å². The summed E-state index contributed by atoms with van der Waals surface area (Å²) in [5.41, 5.74) is -0.0376. The van der Waals surface area contributed by atoms with Crippen molar-refractivity contribution < 1.29 is 9.18 Å². The van der Waals surface area contributed by atoms with Gasteiger partial charge < -0.3 is 9.88 Å². The fraction of sp³-hybridized carbons (Fsp3) is 0.467. The maximum atomic E-state index is 13.5. The number of aryl methyl sites for hydroxylation is 3. The molecule has 2 aromatic heterocycles. The molecule has 2 aromatic rings. The minimum Gasteiger partial charge on any atom is -0.328 e. The molecule has 0 aliphatic carbocycles. The molecule has 0 unspecified atom stereocenters. The highest BCUT2D eigenvalue weighted by Crippen LogP contribution is 2.32. The molecule has 1 amide bonds. The summed E-state index contributed by atoms with van der Waals surface area (Å²) in [7, 11) is 0. The number of H-pyrrole nitrogens is 1. The quantitative estimate of drug-likeness (QED) is 0.912. The SMILES string of the molecule is Cc1nc(C)c(C(=O)N2CCC[C@@H]2c2nc(C)c(F)c(=O)[nH]2)s1. The minimum atomic E-state index is -0.876. The molecule has 1 aliphatic heterocycles. The van der Waals surface area contributed by atoms with Gasteiger partial charge in [0, 0.05) is 6.54 Å². The molecule has 6 nitrogen and oxygen atoms in total. The smallest absolute Gasteiger partial charge is 0.287 e. The predicted octanol–water partition coefficient (Wildman–Crippen LogP) is 2.27. The van der Waals surface area contributed by atoms with E-state index in [2.05, 4.69) is 15.0 Å². The maximum Gasteiger partial charge on any atom is 0.287 e. The summed E-state index contributed by atoms with van der Waals surface area (Å²) in [4.78, 5) is 37.6. The number of aromatic amines is 1. The zero-order valence-corrected chi connectivity index (χ0v) is 14.0. The van der Waals surface area contributed by atoms with E-state index in [9.17, 15) is 14.0 Å². The van der Waals surface area contributed by atoms with Crippen molar-refractivity contribution in [2.24, 2.45) is 0 Å². The highest BCUT2D eigenvalue weighted by Gasteiger charge is 2.34.